The van der Waals surface area contributed by atoms with Crippen LogP contribution in [0.15, 0.2) is 42.7 Å². The van der Waals surface area contributed by atoms with E-state index in [1.165, 1.54) is 12.4 Å². The van der Waals surface area contributed by atoms with Crippen LogP contribution in [0.2, 0.25) is 0 Å². The molecule has 1 fully saturated rings. The molecular formula is C16H15N3O3. The van der Waals surface area contributed by atoms with Gasteiger partial charge in [-0.3, -0.25) is 9.59 Å². The molecule has 1 aliphatic heterocycles. The maximum atomic E-state index is 12.3. The summed E-state index contributed by atoms with van der Waals surface area (Å²) in [4.78, 5) is 33.2. The van der Waals surface area contributed by atoms with Gasteiger partial charge >= 0.3 is 5.97 Å². The maximum Gasteiger partial charge on any atom is 0.308 e. The number of rotatable bonds is 3. The van der Waals surface area contributed by atoms with Crippen molar-refractivity contribution in [3.63, 3.8) is 0 Å². The minimum Gasteiger partial charge on any atom is -0.481 e. The average molecular weight is 297 g/mol. The van der Waals surface area contributed by atoms with Crippen LogP contribution in [0.25, 0.3) is 11.4 Å². The summed E-state index contributed by atoms with van der Waals surface area (Å²) in [5.74, 6) is -0.996. The lowest BCUT2D eigenvalue weighted by atomic mass is 10.1. The zero-order chi connectivity index (χ0) is 15.5. The number of carboxylic acid groups (broad SMARTS) is 1. The van der Waals surface area contributed by atoms with Gasteiger partial charge in [0.2, 0.25) is 0 Å². The van der Waals surface area contributed by atoms with Gasteiger partial charge in [-0.25, -0.2) is 9.97 Å². The van der Waals surface area contributed by atoms with Gasteiger partial charge in [-0.15, -0.1) is 0 Å². The predicted molar refractivity (Wildman–Crippen MR) is 79.1 cm³/mol. The molecule has 2 heterocycles. The summed E-state index contributed by atoms with van der Waals surface area (Å²) >= 11 is 0. The van der Waals surface area contributed by atoms with Crippen molar-refractivity contribution in [1.82, 2.24) is 14.9 Å². The van der Waals surface area contributed by atoms with E-state index >= 15 is 0 Å². The zero-order valence-corrected chi connectivity index (χ0v) is 11.8. The van der Waals surface area contributed by atoms with Gasteiger partial charge in [0.1, 0.15) is 0 Å². The van der Waals surface area contributed by atoms with Gasteiger partial charge in [0.05, 0.1) is 11.5 Å². The quantitative estimate of drug-likeness (QED) is 0.932. The highest BCUT2D eigenvalue weighted by Crippen LogP contribution is 2.19. The van der Waals surface area contributed by atoms with Crippen molar-refractivity contribution in [3.05, 3.63) is 48.3 Å². The van der Waals surface area contributed by atoms with Crippen LogP contribution >= 0.6 is 0 Å². The summed E-state index contributed by atoms with van der Waals surface area (Å²) < 4.78 is 0. The lowest BCUT2D eigenvalue weighted by molar-refractivity contribution is -0.141. The predicted octanol–water partition coefficient (Wildman–Crippen LogP) is 1.69. The normalized spacial score (nSPS) is 17.5. The van der Waals surface area contributed by atoms with Crippen molar-refractivity contribution < 1.29 is 14.7 Å². The molecule has 3 rings (SSSR count). The summed E-state index contributed by atoms with van der Waals surface area (Å²) in [5.41, 5.74) is 1.26. The molecule has 1 aromatic carbocycles. The Labute approximate surface area is 127 Å². The molecule has 1 N–H and O–H groups in total. The van der Waals surface area contributed by atoms with E-state index in [9.17, 15) is 9.59 Å². The SMILES string of the molecule is O=C(O)C1CCN(C(=O)c2cnc(-c3ccccc3)nc2)C1. The molecule has 6 nitrogen and oxygen atoms in total. The number of aromatic nitrogens is 2. The van der Waals surface area contributed by atoms with Crippen molar-refractivity contribution in [2.75, 3.05) is 13.1 Å². The summed E-state index contributed by atoms with van der Waals surface area (Å²) in [6, 6.07) is 9.50. The molecule has 0 aliphatic carbocycles. The van der Waals surface area contributed by atoms with Crippen LogP contribution in [-0.2, 0) is 4.79 Å². The molecule has 1 aliphatic rings. The third-order valence-electron chi connectivity index (χ3n) is 3.76. The second-order valence-electron chi connectivity index (χ2n) is 5.24. The van der Waals surface area contributed by atoms with E-state index in [1.807, 2.05) is 30.3 Å². The number of carbonyl (C=O) groups is 2. The number of carbonyl (C=O) groups excluding carboxylic acids is 1. The molecule has 112 valence electrons. The van der Waals surface area contributed by atoms with Crippen LogP contribution in [0.4, 0.5) is 0 Å². The Bertz CT molecular complexity index is 686. The Morgan fingerprint density at radius 3 is 2.41 bits per heavy atom. The first-order valence-corrected chi connectivity index (χ1v) is 7.04. The fourth-order valence-corrected chi connectivity index (χ4v) is 2.50. The van der Waals surface area contributed by atoms with Gasteiger partial charge in [0.25, 0.3) is 5.91 Å². The summed E-state index contributed by atoms with van der Waals surface area (Å²) in [5, 5.41) is 8.98. The average Bonchev–Trinajstić information content (AvgIpc) is 3.05. The Morgan fingerprint density at radius 2 is 1.82 bits per heavy atom. The first-order chi connectivity index (χ1) is 10.6. The van der Waals surface area contributed by atoms with Gasteiger partial charge in [-0.1, -0.05) is 30.3 Å². The third kappa shape index (κ3) is 2.81. The lowest BCUT2D eigenvalue weighted by Crippen LogP contribution is -2.30. The molecule has 1 amide bonds. The topological polar surface area (TPSA) is 83.4 Å². The monoisotopic (exact) mass is 297 g/mol. The first kappa shape index (κ1) is 14.2. The zero-order valence-electron chi connectivity index (χ0n) is 11.8. The largest absolute Gasteiger partial charge is 0.481 e. The number of likely N-dealkylation sites (tertiary alicyclic amines) is 1. The van der Waals surface area contributed by atoms with Gasteiger partial charge in [0.15, 0.2) is 5.82 Å². The van der Waals surface area contributed by atoms with Gasteiger partial charge < -0.3 is 10.0 Å². The highest BCUT2D eigenvalue weighted by Gasteiger charge is 2.31. The fourth-order valence-electron chi connectivity index (χ4n) is 2.50. The second kappa shape index (κ2) is 5.93. The van der Waals surface area contributed by atoms with Gasteiger partial charge in [-0.05, 0) is 6.42 Å². The van der Waals surface area contributed by atoms with Gasteiger partial charge in [0, 0.05) is 31.0 Å². The summed E-state index contributed by atoms with van der Waals surface area (Å²) in [6.45, 7) is 0.699. The molecule has 0 bridgehead atoms. The Kier molecular flexibility index (Phi) is 3.82. The molecule has 1 aromatic heterocycles. The number of amides is 1. The van der Waals surface area contributed by atoms with E-state index in [1.54, 1.807) is 4.90 Å². The van der Waals surface area contributed by atoms with Crippen molar-refractivity contribution in [2.45, 2.75) is 6.42 Å². The standard InChI is InChI=1S/C16H15N3O3/c20-15(19-7-6-12(10-19)16(21)22)13-8-17-14(18-9-13)11-4-2-1-3-5-11/h1-5,8-9,12H,6-7,10H2,(H,21,22). The van der Waals surface area contributed by atoms with Crippen molar-refractivity contribution >= 4 is 11.9 Å². The Hall–Kier alpha value is -2.76. The van der Waals surface area contributed by atoms with Crippen LogP contribution in [-0.4, -0.2) is 44.9 Å². The summed E-state index contributed by atoms with van der Waals surface area (Å²) in [7, 11) is 0. The number of benzene rings is 1. The molecule has 1 atom stereocenters. The fraction of sp³-hybridized carbons (Fsp3) is 0.250. The Morgan fingerprint density at radius 1 is 1.14 bits per heavy atom. The number of hydrogen-bond donors (Lipinski definition) is 1. The van der Waals surface area contributed by atoms with Crippen LogP contribution in [0.1, 0.15) is 16.8 Å². The Balaban J connectivity index is 1.73. The smallest absolute Gasteiger partial charge is 0.308 e. The summed E-state index contributed by atoms with van der Waals surface area (Å²) in [6.07, 6.45) is 3.47. The van der Waals surface area contributed by atoms with E-state index in [0.29, 0.717) is 24.4 Å². The second-order valence-corrected chi connectivity index (χ2v) is 5.24. The van der Waals surface area contributed by atoms with Crippen molar-refractivity contribution in [2.24, 2.45) is 5.92 Å². The molecular weight excluding hydrogens is 282 g/mol. The maximum absolute atomic E-state index is 12.3. The van der Waals surface area contributed by atoms with Crippen LogP contribution in [0.5, 0.6) is 0 Å². The number of aliphatic carboxylic acids is 1. The molecule has 6 heteroatoms. The highest BCUT2D eigenvalue weighted by atomic mass is 16.4. The molecule has 0 spiro atoms. The third-order valence-corrected chi connectivity index (χ3v) is 3.76. The van der Waals surface area contributed by atoms with E-state index in [4.69, 9.17) is 5.11 Å². The van der Waals surface area contributed by atoms with Gasteiger partial charge in [-0.2, -0.15) is 0 Å². The van der Waals surface area contributed by atoms with Crippen LogP contribution in [0.3, 0.4) is 0 Å². The molecule has 0 saturated carbocycles. The molecule has 22 heavy (non-hydrogen) atoms. The van der Waals surface area contributed by atoms with E-state index in [2.05, 4.69) is 9.97 Å². The minimum absolute atomic E-state index is 0.219. The van der Waals surface area contributed by atoms with E-state index < -0.39 is 11.9 Å². The van der Waals surface area contributed by atoms with Crippen LogP contribution in [0, 0.1) is 5.92 Å². The molecule has 1 unspecified atom stereocenters. The number of carboxylic acids is 1. The minimum atomic E-state index is -0.856. The highest BCUT2D eigenvalue weighted by molar-refractivity contribution is 5.94. The number of nitrogens with zero attached hydrogens (tertiary/aromatic N) is 3. The van der Waals surface area contributed by atoms with E-state index in [-0.39, 0.29) is 12.5 Å². The lowest BCUT2D eigenvalue weighted by Gasteiger charge is -2.15. The molecule has 2 aromatic rings. The van der Waals surface area contributed by atoms with Crippen molar-refractivity contribution in [3.8, 4) is 11.4 Å². The molecule has 1 saturated heterocycles. The van der Waals surface area contributed by atoms with E-state index in [0.717, 1.165) is 5.56 Å². The first-order valence-electron chi connectivity index (χ1n) is 7.04. The molecule has 0 radical (unpaired) electrons. The number of hydrogen-bond acceptors (Lipinski definition) is 4. The van der Waals surface area contributed by atoms with Crippen molar-refractivity contribution in [1.29, 1.82) is 0 Å². The van der Waals surface area contributed by atoms with Crippen LogP contribution < -0.4 is 0 Å².